The van der Waals surface area contributed by atoms with Crippen molar-refractivity contribution in [2.45, 2.75) is 53.0 Å². The topological polar surface area (TPSA) is 107 Å². The molecule has 0 aliphatic heterocycles. The molecule has 192 valence electrons. The second kappa shape index (κ2) is 11.1. The van der Waals surface area contributed by atoms with Crippen molar-refractivity contribution in [2.75, 3.05) is 5.32 Å². The summed E-state index contributed by atoms with van der Waals surface area (Å²) in [6.45, 7) is 8.28. The predicted molar refractivity (Wildman–Crippen MR) is 142 cm³/mol. The van der Waals surface area contributed by atoms with Crippen LogP contribution in [0.2, 0.25) is 0 Å². The molecule has 37 heavy (non-hydrogen) atoms. The average Bonchev–Trinajstić information content (AvgIpc) is 2.85. The summed E-state index contributed by atoms with van der Waals surface area (Å²) in [5.41, 5.74) is 3.62. The van der Waals surface area contributed by atoms with Gasteiger partial charge in [-0.3, -0.25) is 4.79 Å². The highest BCUT2D eigenvalue weighted by molar-refractivity contribution is 5.90. The fourth-order valence-electron chi connectivity index (χ4n) is 3.84. The monoisotopic (exact) mass is 501 g/mol. The van der Waals surface area contributed by atoms with Crippen LogP contribution in [0.1, 0.15) is 43.2 Å². The Balaban J connectivity index is 1.55. The zero-order valence-corrected chi connectivity index (χ0v) is 21.4. The number of ether oxygens (including phenoxy) is 1. The van der Waals surface area contributed by atoms with Gasteiger partial charge in [0.2, 0.25) is 0 Å². The Hall–Kier alpha value is -4.40. The fourth-order valence-corrected chi connectivity index (χ4v) is 3.84. The molecule has 9 heteroatoms. The van der Waals surface area contributed by atoms with Gasteiger partial charge in [0.05, 0.1) is 16.8 Å². The molecule has 0 atom stereocenters. The van der Waals surface area contributed by atoms with Crippen LogP contribution in [0, 0.1) is 6.92 Å². The number of anilines is 1. The highest BCUT2D eigenvalue weighted by Gasteiger charge is 2.17. The zero-order chi connectivity index (χ0) is 26.4. The van der Waals surface area contributed by atoms with E-state index in [9.17, 15) is 9.59 Å². The Bertz CT molecular complexity index is 1440. The summed E-state index contributed by atoms with van der Waals surface area (Å²) in [7, 11) is 0. The van der Waals surface area contributed by atoms with Crippen LogP contribution in [0.4, 0.5) is 10.5 Å². The lowest BCUT2D eigenvalue weighted by molar-refractivity contribution is 0.0523. The molecular formula is C28H31N5O4. The number of carbonyl (C=O) groups excluding carboxylic acids is 1. The van der Waals surface area contributed by atoms with Crippen molar-refractivity contribution in [1.82, 2.24) is 20.0 Å². The Kier molecular flexibility index (Phi) is 7.71. The fraction of sp³-hybridized carbons (Fsp3) is 0.286. The lowest BCUT2D eigenvalue weighted by Gasteiger charge is -2.20. The molecule has 0 unspecified atom stereocenters. The molecule has 2 heterocycles. The molecule has 0 saturated carbocycles. The average molecular weight is 502 g/mol. The van der Waals surface area contributed by atoms with Gasteiger partial charge in [0, 0.05) is 19.2 Å². The minimum absolute atomic E-state index is 0.226. The number of aryl methyl sites for hydroxylation is 1. The van der Waals surface area contributed by atoms with E-state index in [0.717, 1.165) is 16.7 Å². The highest BCUT2D eigenvalue weighted by atomic mass is 16.7. The quantitative estimate of drug-likeness (QED) is 0.369. The molecule has 0 radical (unpaired) electrons. The van der Waals surface area contributed by atoms with Gasteiger partial charge in [-0.25, -0.2) is 14.8 Å². The number of hydrogen-bond acceptors (Lipinski definition) is 7. The van der Waals surface area contributed by atoms with Crippen LogP contribution in [0.15, 0.2) is 71.8 Å². The van der Waals surface area contributed by atoms with E-state index >= 15 is 0 Å². The Morgan fingerprint density at radius 2 is 1.65 bits per heavy atom. The van der Waals surface area contributed by atoms with Crippen molar-refractivity contribution in [1.29, 1.82) is 0 Å². The Labute approximate surface area is 215 Å². The molecule has 0 spiro atoms. The molecule has 0 bridgehead atoms. The van der Waals surface area contributed by atoms with E-state index in [1.165, 1.54) is 17.1 Å². The first-order valence-corrected chi connectivity index (χ1v) is 12.0. The molecule has 9 nitrogen and oxygen atoms in total. The van der Waals surface area contributed by atoms with Crippen LogP contribution in [-0.2, 0) is 24.4 Å². The van der Waals surface area contributed by atoms with E-state index < -0.39 is 11.7 Å². The number of nitrogens with one attached hydrogen (secondary N) is 2. The number of pyridine rings is 1. The summed E-state index contributed by atoms with van der Waals surface area (Å²) in [6, 6.07) is 18.9. The van der Waals surface area contributed by atoms with E-state index in [4.69, 9.17) is 9.57 Å². The number of hydrogen-bond donors (Lipinski definition) is 2. The van der Waals surface area contributed by atoms with E-state index in [2.05, 4.69) is 20.6 Å². The molecular weight excluding hydrogens is 470 g/mol. The van der Waals surface area contributed by atoms with Crippen molar-refractivity contribution in [3.63, 3.8) is 0 Å². The first-order valence-electron chi connectivity index (χ1n) is 12.0. The van der Waals surface area contributed by atoms with Gasteiger partial charge in [-0.05, 0) is 44.4 Å². The van der Waals surface area contributed by atoms with Crippen molar-refractivity contribution in [3.05, 3.63) is 99.7 Å². The molecule has 2 aromatic heterocycles. The minimum Gasteiger partial charge on any atom is -0.444 e. The second-order valence-electron chi connectivity index (χ2n) is 9.59. The number of nitrogens with zero attached hydrogens (tertiary/aromatic N) is 3. The minimum atomic E-state index is -0.572. The lowest BCUT2D eigenvalue weighted by Crippen LogP contribution is -2.32. The first-order chi connectivity index (χ1) is 17.7. The summed E-state index contributed by atoms with van der Waals surface area (Å²) < 4.78 is 6.54. The first kappa shape index (κ1) is 25.7. The van der Waals surface area contributed by atoms with E-state index in [-0.39, 0.29) is 12.2 Å². The van der Waals surface area contributed by atoms with Crippen LogP contribution < -0.4 is 21.0 Å². The smallest absolute Gasteiger partial charge is 0.407 e. The Morgan fingerprint density at radius 3 is 2.35 bits per heavy atom. The van der Waals surface area contributed by atoms with E-state index in [0.29, 0.717) is 35.5 Å². The maximum absolute atomic E-state index is 13.0. The molecule has 1 amide bonds. The van der Waals surface area contributed by atoms with Crippen molar-refractivity contribution in [2.24, 2.45) is 0 Å². The number of benzene rings is 2. The van der Waals surface area contributed by atoms with Gasteiger partial charge in [-0.1, -0.05) is 54.6 Å². The van der Waals surface area contributed by atoms with Gasteiger partial charge in [0.15, 0.2) is 5.65 Å². The van der Waals surface area contributed by atoms with Gasteiger partial charge in [0.1, 0.15) is 18.5 Å². The molecule has 0 saturated heterocycles. The third-order valence-electron chi connectivity index (χ3n) is 5.56. The highest BCUT2D eigenvalue weighted by Crippen LogP contribution is 2.23. The number of fused-ring (bicyclic) bond motifs is 1. The second-order valence-corrected chi connectivity index (χ2v) is 9.59. The van der Waals surface area contributed by atoms with Gasteiger partial charge in [-0.2, -0.15) is 0 Å². The molecule has 2 aromatic carbocycles. The third-order valence-corrected chi connectivity index (χ3v) is 5.56. The van der Waals surface area contributed by atoms with Crippen LogP contribution in [-0.4, -0.2) is 26.4 Å². The number of amides is 1. The van der Waals surface area contributed by atoms with E-state index in [1.807, 2.05) is 82.3 Å². The van der Waals surface area contributed by atoms with Gasteiger partial charge in [-0.15, -0.1) is 4.73 Å². The zero-order valence-electron chi connectivity index (χ0n) is 21.4. The molecule has 2 N–H and O–H groups in total. The van der Waals surface area contributed by atoms with Gasteiger partial charge < -0.3 is 20.2 Å². The van der Waals surface area contributed by atoms with Crippen LogP contribution in [0.3, 0.4) is 0 Å². The summed E-state index contributed by atoms with van der Waals surface area (Å²) in [4.78, 5) is 39.7. The predicted octanol–water partition coefficient (Wildman–Crippen LogP) is 4.37. The van der Waals surface area contributed by atoms with Crippen LogP contribution in [0.25, 0.3) is 11.0 Å². The van der Waals surface area contributed by atoms with Crippen molar-refractivity contribution >= 4 is 22.8 Å². The van der Waals surface area contributed by atoms with E-state index in [1.54, 1.807) is 0 Å². The molecule has 4 aromatic rings. The lowest BCUT2D eigenvalue weighted by atomic mass is 10.1. The summed E-state index contributed by atoms with van der Waals surface area (Å²) in [5.74, 6) is 0. The third kappa shape index (κ3) is 6.63. The largest absolute Gasteiger partial charge is 0.444 e. The van der Waals surface area contributed by atoms with Crippen molar-refractivity contribution in [3.8, 4) is 0 Å². The number of alkyl carbamates (subject to hydrolysis) is 1. The van der Waals surface area contributed by atoms with Crippen LogP contribution >= 0.6 is 0 Å². The summed E-state index contributed by atoms with van der Waals surface area (Å²) >= 11 is 0. The maximum atomic E-state index is 13.0. The Morgan fingerprint density at radius 1 is 0.973 bits per heavy atom. The summed E-state index contributed by atoms with van der Waals surface area (Å²) in [6.07, 6.45) is 0.939. The van der Waals surface area contributed by atoms with Gasteiger partial charge >= 0.3 is 6.09 Å². The number of carbonyl (C=O) groups is 1. The molecule has 0 fully saturated rings. The van der Waals surface area contributed by atoms with Crippen molar-refractivity contribution < 1.29 is 14.4 Å². The van der Waals surface area contributed by atoms with Crippen LogP contribution in [0.5, 0.6) is 0 Å². The standard InChI is InChI=1S/C28H31N5O4/c1-19-25-23(29-15-21-12-8-9-13-22(21)16-30-27(35)37-28(2,3)4)14-24(34)33(26(25)32-18-31-19)36-17-20-10-6-5-7-11-20/h5-14,18,29H,15-17H2,1-4H3,(H,30,35). The molecule has 0 aliphatic rings. The normalized spacial score (nSPS) is 11.2. The number of aromatic nitrogens is 3. The molecule has 4 rings (SSSR count). The number of rotatable bonds is 8. The van der Waals surface area contributed by atoms with Gasteiger partial charge in [0.25, 0.3) is 5.56 Å². The summed E-state index contributed by atoms with van der Waals surface area (Å²) in [5, 5.41) is 6.85. The SMILES string of the molecule is Cc1ncnc2c1c(NCc1ccccc1CNC(=O)OC(C)(C)C)cc(=O)n2OCc1ccccc1. The molecule has 0 aliphatic carbocycles. The maximum Gasteiger partial charge on any atom is 0.407 e.